The minimum Gasteiger partial charge on any atom is -0.388 e. The standard InChI is InChI=1S/C13H19BrO/c1-2-3-4-5-6-13(15)11-7-9-12(14)10-8-11/h7-10,13,15H,2-6H2,1H3/t13-/m0/s1. The van der Waals surface area contributed by atoms with Gasteiger partial charge in [-0.25, -0.2) is 0 Å². The van der Waals surface area contributed by atoms with Crippen LogP contribution in [-0.2, 0) is 0 Å². The zero-order chi connectivity index (χ0) is 11.1. The Hall–Kier alpha value is -0.340. The third-order valence-electron chi connectivity index (χ3n) is 2.59. The van der Waals surface area contributed by atoms with Crippen LogP contribution in [0.1, 0.15) is 50.7 Å². The molecule has 0 fully saturated rings. The molecule has 1 N–H and O–H groups in total. The minimum absolute atomic E-state index is 0.296. The van der Waals surface area contributed by atoms with Crippen LogP contribution >= 0.6 is 15.9 Å². The van der Waals surface area contributed by atoms with E-state index in [4.69, 9.17) is 0 Å². The number of hydrogen-bond acceptors (Lipinski definition) is 1. The molecule has 0 unspecified atom stereocenters. The van der Waals surface area contributed by atoms with Crippen LogP contribution in [0.4, 0.5) is 0 Å². The van der Waals surface area contributed by atoms with Crippen molar-refractivity contribution in [2.45, 2.75) is 45.1 Å². The highest BCUT2D eigenvalue weighted by atomic mass is 79.9. The first-order chi connectivity index (χ1) is 7.24. The quantitative estimate of drug-likeness (QED) is 0.758. The molecule has 1 aromatic carbocycles. The Balaban J connectivity index is 2.33. The van der Waals surface area contributed by atoms with Gasteiger partial charge in [-0.15, -0.1) is 0 Å². The maximum absolute atomic E-state index is 9.90. The van der Waals surface area contributed by atoms with E-state index in [0.717, 1.165) is 22.9 Å². The predicted molar refractivity (Wildman–Crippen MR) is 67.9 cm³/mol. The predicted octanol–water partition coefficient (Wildman–Crippen LogP) is 4.45. The lowest BCUT2D eigenvalue weighted by Gasteiger charge is -2.10. The van der Waals surface area contributed by atoms with Crippen LogP contribution in [0.5, 0.6) is 0 Å². The van der Waals surface area contributed by atoms with E-state index in [2.05, 4.69) is 22.9 Å². The van der Waals surface area contributed by atoms with Crippen LogP contribution in [-0.4, -0.2) is 5.11 Å². The number of aliphatic hydroxyl groups is 1. The first-order valence-corrected chi connectivity index (χ1v) is 6.47. The maximum Gasteiger partial charge on any atom is 0.0790 e. The van der Waals surface area contributed by atoms with Crippen molar-refractivity contribution in [1.29, 1.82) is 0 Å². The summed E-state index contributed by atoms with van der Waals surface area (Å²) in [4.78, 5) is 0. The van der Waals surface area contributed by atoms with Gasteiger partial charge in [-0.05, 0) is 24.1 Å². The second-order valence-corrected chi connectivity index (χ2v) is 4.83. The summed E-state index contributed by atoms with van der Waals surface area (Å²) in [6.07, 6.45) is 5.44. The zero-order valence-electron chi connectivity index (χ0n) is 9.25. The van der Waals surface area contributed by atoms with E-state index >= 15 is 0 Å². The average molecular weight is 271 g/mol. The first kappa shape index (κ1) is 12.7. The summed E-state index contributed by atoms with van der Waals surface area (Å²) in [5.74, 6) is 0. The first-order valence-electron chi connectivity index (χ1n) is 5.67. The maximum atomic E-state index is 9.90. The van der Waals surface area contributed by atoms with E-state index in [-0.39, 0.29) is 6.10 Å². The SMILES string of the molecule is CCCCCC[C@H](O)c1ccc(Br)cc1. The average Bonchev–Trinajstić information content (AvgIpc) is 2.25. The van der Waals surface area contributed by atoms with Gasteiger partial charge in [0.05, 0.1) is 6.10 Å². The summed E-state index contributed by atoms with van der Waals surface area (Å²) in [7, 11) is 0. The second-order valence-electron chi connectivity index (χ2n) is 3.92. The molecular formula is C13H19BrO. The molecule has 0 spiro atoms. The van der Waals surface area contributed by atoms with Crippen molar-refractivity contribution >= 4 is 15.9 Å². The molecule has 0 aliphatic heterocycles. The molecule has 84 valence electrons. The Labute approximate surface area is 101 Å². The largest absolute Gasteiger partial charge is 0.388 e. The van der Waals surface area contributed by atoms with Gasteiger partial charge in [0.25, 0.3) is 0 Å². The summed E-state index contributed by atoms with van der Waals surface area (Å²) in [6, 6.07) is 7.92. The van der Waals surface area contributed by atoms with Crippen molar-refractivity contribution in [1.82, 2.24) is 0 Å². The highest BCUT2D eigenvalue weighted by molar-refractivity contribution is 9.10. The molecule has 0 aromatic heterocycles. The smallest absolute Gasteiger partial charge is 0.0790 e. The van der Waals surface area contributed by atoms with Crippen LogP contribution in [0, 0.1) is 0 Å². The fourth-order valence-corrected chi connectivity index (χ4v) is 1.88. The lowest BCUT2D eigenvalue weighted by Crippen LogP contribution is -1.96. The van der Waals surface area contributed by atoms with Crippen molar-refractivity contribution in [3.05, 3.63) is 34.3 Å². The van der Waals surface area contributed by atoms with Crippen molar-refractivity contribution in [2.75, 3.05) is 0 Å². The van der Waals surface area contributed by atoms with Crippen LogP contribution in [0.2, 0.25) is 0 Å². The Morgan fingerprint density at radius 1 is 1.13 bits per heavy atom. The van der Waals surface area contributed by atoms with E-state index in [1.807, 2.05) is 24.3 Å². The number of benzene rings is 1. The summed E-state index contributed by atoms with van der Waals surface area (Å²) in [5, 5.41) is 9.90. The number of rotatable bonds is 6. The molecule has 0 heterocycles. The molecule has 2 heteroatoms. The Kier molecular flexibility index (Phi) is 5.96. The Morgan fingerprint density at radius 2 is 1.80 bits per heavy atom. The van der Waals surface area contributed by atoms with E-state index in [1.165, 1.54) is 19.3 Å². The molecule has 0 aliphatic carbocycles. The molecule has 0 amide bonds. The summed E-state index contributed by atoms with van der Waals surface area (Å²) in [5.41, 5.74) is 1.02. The van der Waals surface area contributed by atoms with Gasteiger partial charge >= 0.3 is 0 Å². The molecule has 0 bridgehead atoms. The zero-order valence-corrected chi connectivity index (χ0v) is 10.8. The van der Waals surface area contributed by atoms with Crippen molar-refractivity contribution < 1.29 is 5.11 Å². The van der Waals surface area contributed by atoms with E-state index in [0.29, 0.717) is 0 Å². The van der Waals surface area contributed by atoms with Gasteiger partial charge in [0.1, 0.15) is 0 Å². The summed E-state index contributed by atoms with van der Waals surface area (Å²) < 4.78 is 1.06. The fourth-order valence-electron chi connectivity index (χ4n) is 1.62. The summed E-state index contributed by atoms with van der Waals surface area (Å²) in [6.45, 7) is 2.20. The third-order valence-corrected chi connectivity index (χ3v) is 3.11. The van der Waals surface area contributed by atoms with E-state index in [1.54, 1.807) is 0 Å². The lowest BCUT2D eigenvalue weighted by molar-refractivity contribution is 0.163. The van der Waals surface area contributed by atoms with Gasteiger partial charge in [-0.1, -0.05) is 60.7 Å². The van der Waals surface area contributed by atoms with E-state index in [9.17, 15) is 5.11 Å². The lowest BCUT2D eigenvalue weighted by atomic mass is 10.0. The van der Waals surface area contributed by atoms with Gasteiger partial charge in [0.2, 0.25) is 0 Å². The van der Waals surface area contributed by atoms with Crippen LogP contribution in [0.3, 0.4) is 0 Å². The molecule has 0 saturated heterocycles. The normalized spacial score (nSPS) is 12.7. The molecule has 1 rings (SSSR count). The molecule has 0 saturated carbocycles. The van der Waals surface area contributed by atoms with Crippen LogP contribution in [0.25, 0.3) is 0 Å². The molecule has 0 aliphatic rings. The monoisotopic (exact) mass is 270 g/mol. The van der Waals surface area contributed by atoms with E-state index < -0.39 is 0 Å². The van der Waals surface area contributed by atoms with Crippen molar-refractivity contribution in [2.24, 2.45) is 0 Å². The van der Waals surface area contributed by atoms with Crippen LogP contribution < -0.4 is 0 Å². The molecule has 1 atom stereocenters. The third kappa shape index (κ3) is 4.80. The molecule has 1 aromatic rings. The van der Waals surface area contributed by atoms with Gasteiger partial charge in [-0.3, -0.25) is 0 Å². The topological polar surface area (TPSA) is 20.2 Å². The highest BCUT2D eigenvalue weighted by Crippen LogP contribution is 2.21. The molecule has 1 nitrogen and oxygen atoms in total. The Bertz CT molecular complexity index is 268. The van der Waals surface area contributed by atoms with Gasteiger partial charge in [0.15, 0.2) is 0 Å². The number of hydrogen-bond donors (Lipinski definition) is 1. The minimum atomic E-state index is -0.296. The van der Waals surface area contributed by atoms with Crippen molar-refractivity contribution in [3.63, 3.8) is 0 Å². The fraction of sp³-hybridized carbons (Fsp3) is 0.538. The number of halogens is 1. The second kappa shape index (κ2) is 7.02. The summed E-state index contributed by atoms with van der Waals surface area (Å²) >= 11 is 3.39. The van der Waals surface area contributed by atoms with Gasteiger partial charge in [0, 0.05) is 4.47 Å². The Morgan fingerprint density at radius 3 is 2.40 bits per heavy atom. The molecule has 15 heavy (non-hydrogen) atoms. The number of aliphatic hydroxyl groups excluding tert-OH is 1. The van der Waals surface area contributed by atoms with Gasteiger partial charge in [-0.2, -0.15) is 0 Å². The van der Waals surface area contributed by atoms with Gasteiger partial charge < -0.3 is 5.11 Å². The van der Waals surface area contributed by atoms with Crippen LogP contribution in [0.15, 0.2) is 28.7 Å². The number of unbranched alkanes of at least 4 members (excludes halogenated alkanes) is 3. The molecule has 0 radical (unpaired) electrons. The molecular weight excluding hydrogens is 252 g/mol. The van der Waals surface area contributed by atoms with Crippen molar-refractivity contribution in [3.8, 4) is 0 Å². The highest BCUT2D eigenvalue weighted by Gasteiger charge is 2.06.